The monoisotopic (exact) mass is 564 g/mol. The molecule has 12 heteroatoms. The Morgan fingerprint density at radius 2 is 1.72 bits per heavy atom. The number of benzene rings is 2. The van der Waals surface area contributed by atoms with Crippen LogP contribution in [0.25, 0.3) is 11.1 Å². The summed E-state index contributed by atoms with van der Waals surface area (Å²) < 4.78 is 74.7. The van der Waals surface area contributed by atoms with Gasteiger partial charge in [-0.1, -0.05) is 36.5 Å². The van der Waals surface area contributed by atoms with Crippen LogP contribution in [0.1, 0.15) is 39.2 Å². The molecule has 0 atom stereocenters. The lowest BCUT2D eigenvalue weighted by molar-refractivity contribution is -0.137. The quantitative estimate of drug-likeness (QED) is 0.395. The summed E-state index contributed by atoms with van der Waals surface area (Å²) >= 11 is 9.94. The van der Waals surface area contributed by atoms with Crippen LogP contribution in [0.3, 0.4) is 0 Å². The van der Waals surface area contributed by atoms with Crippen LogP contribution in [-0.4, -0.2) is 43.9 Å². The van der Waals surface area contributed by atoms with Crippen molar-refractivity contribution in [3.8, 4) is 11.1 Å². The summed E-state index contributed by atoms with van der Waals surface area (Å²) in [7, 11) is -3.69. The lowest BCUT2D eigenvalue weighted by Crippen LogP contribution is -2.42. The SMILES string of the molecule is CC(C)(C)OC(=O)N1CCC(CS(=O)(=O)c2ccc(-c3c(Cl)cc(NS)cc3C(F)(F)F)cc2)CC1. The first-order chi connectivity index (χ1) is 16.6. The van der Waals surface area contributed by atoms with Gasteiger partial charge in [0.1, 0.15) is 5.60 Å². The maximum Gasteiger partial charge on any atom is 0.417 e. The van der Waals surface area contributed by atoms with E-state index in [1.165, 1.54) is 30.3 Å². The predicted octanol–water partition coefficient (Wildman–Crippen LogP) is 6.70. The highest BCUT2D eigenvalue weighted by atomic mass is 35.5. The first-order valence-corrected chi connectivity index (χ1v) is 13.7. The molecule has 1 aliphatic heterocycles. The Bertz CT molecular complexity index is 1210. The number of thiol groups is 1. The van der Waals surface area contributed by atoms with E-state index in [1.807, 2.05) is 0 Å². The van der Waals surface area contributed by atoms with Gasteiger partial charge in [0.15, 0.2) is 9.84 Å². The predicted molar refractivity (Wildman–Crippen MR) is 137 cm³/mol. The van der Waals surface area contributed by atoms with E-state index in [0.717, 1.165) is 6.07 Å². The maximum absolute atomic E-state index is 13.7. The van der Waals surface area contributed by atoms with Crippen molar-refractivity contribution in [3.63, 3.8) is 0 Å². The summed E-state index contributed by atoms with van der Waals surface area (Å²) in [5.74, 6) is -0.272. The zero-order valence-corrected chi connectivity index (χ0v) is 22.5. The summed E-state index contributed by atoms with van der Waals surface area (Å²) in [6.45, 7) is 6.12. The molecule has 0 aromatic heterocycles. The van der Waals surface area contributed by atoms with Crippen LogP contribution in [0, 0.1) is 5.92 Å². The van der Waals surface area contributed by atoms with E-state index in [2.05, 4.69) is 17.5 Å². The van der Waals surface area contributed by atoms with Gasteiger partial charge in [0.2, 0.25) is 0 Å². The van der Waals surface area contributed by atoms with Crippen LogP contribution in [0.15, 0.2) is 41.3 Å². The van der Waals surface area contributed by atoms with Crippen molar-refractivity contribution >= 4 is 46.0 Å². The number of likely N-dealkylation sites (tertiary alicyclic amines) is 1. The van der Waals surface area contributed by atoms with E-state index in [1.54, 1.807) is 25.7 Å². The standard InChI is InChI=1S/C24H28ClF3N2O4S2/c1-23(2,3)34-22(31)30-10-8-15(9-11-30)14-36(32,33)18-6-4-16(5-7-18)21-19(24(26,27)28)12-17(29-35)13-20(21)25/h4-7,12-13,15,29,35H,8-11,14H2,1-3H3. The van der Waals surface area contributed by atoms with Gasteiger partial charge >= 0.3 is 12.3 Å². The van der Waals surface area contributed by atoms with Crippen LogP contribution in [0.5, 0.6) is 0 Å². The number of nitrogens with zero attached hydrogens (tertiary/aromatic N) is 1. The number of ether oxygens (including phenoxy) is 1. The van der Waals surface area contributed by atoms with Gasteiger partial charge in [0, 0.05) is 24.3 Å². The van der Waals surface area contributed by atoms with E-state index >= 15 is 0 Å². The van der Waals surface area contributed by atoms with E-state index in [0.29, 0.717) is 25.9 Å². The molecule has 36 heavy (non-hydrogen) atoms. The fourth-order valence-electron chi connectivity index (χ4n) is 4.03. The third-order valence-electron chi connectivity index (χ3n) is 5.75. The number of nitrogens with one attached hydrogen (secondary N) is 1. The van der Waals surface area contributed by atoms with Crippen LogP contribution >= 0.6 is 24.4 Å². The average molecular weight is 565 g/mol. The first-order valence-electron chi connectivity index (χ1n) is 11.2. The van der Waals surface area contributed by atoms with Crippen molar-refractivity contribution in [2.75, 3.05) is 23.6 Å². The fourth-order valence-corrected chi connectivity index (χ4v) is 6.19. The highest BCUT2D eigenvalue weighted by Gasteiger charge is 2.36. The van der Waals surface area contributed by atoms with Gasteiger partial charge in [-0.05, 0) is 69.4 Å². The number of amides is 1. The summed E-state index contributed by atoms with van der Waals surface area (Å²) in [6.07, 6.45) is -4.09. The molecule has 198 valence electrons. The van der Waals surface area contributed by atoms with Gasteiger partial charge in [0.05, 0.1) is 21.2 Å². The Morgan fingerprint density at radius 3 is 2.22 bits per heavy atom. The lowest BCUT2D eigenvalue weighted by atomic mass is 9.98. The molecule has 3 rings (SSSR count). The summed E-state index contributed by atoms with van der Waals surface area (Å²) in [6, 6.07) is 7.43. The Morgan fingerprint density at radius 1 is 1.14 bits per heavy atom. The molecule has 1 heterocycles. The van der Waals surface area contributed by atoms with Gasteiger partial charge in [0.25, 0.3) is 0 Å². The van der Waals surface area contributed by atoms with Gasteiger partial charge in [-0.15, -0.1) is 0 Å². The maximum atomic E-state index is 13.7. The van der Waals surface area contributed by atoms with Crippen molar-refractivity contribution in [1.82, 2.24) is 4.90 Å². The second-order valence-corrected chi connectivity index (χ2v) is 12.4. The highest BCUT2D eigenvalue weighted by molar-refractivity contribution is 7.91. The van der Waals surface area contributed by atoms with Crippen molar-refractivity contribution in [1.29, 1.82) is 0 Å². The number of carbonyl (C=O) groups excluding carboxylic acids is 1. The minimum Gasteiger partial charge on any atom is -0.444 e. The largest absolute Gasteiger partial charge is 0.444 e. The fraction of sp³-hybridized carbons (Fsp3) is 0.458. The Labute approximate surface area is 219 Å². The number of hydrogen-bond donors (Lipinski definition) is 2. The van der Waals surface area contributed by atoms with E-state index in [9.17, 15) is 26.4 Å². The van der Waals surface area contributed by atoms with Gasteiger partial charge in [-0.2, -0.15) is 13.2 Å². The Kier molecular flexibility index (Phi) is 8.47. The van der Waals surface area contributed by atoms with Crippen molar-refractivity contribution in [2.24, 2.45) is 5.92 Å². The zero-order chi connectivity index (χ0) is 26.9. The molecule has 0 unspecified atom stereocenters. The molecular weight excluding hydrogens is 537 g/mol. The number of sulfone groups is 1. The van der Waals surface area contributed by atoms with Crippen LogP contribution in [-0.2, 0) is 20.8 Å². The van der Waals surface area contributed by atoms with E-state index in [4.69, 9.17) is 16.3 Å². The summed E-state index contributed by atoms with van der Waals surface area (Å²) in [5, 5.41) is -0.145. The molecule has 1 saturated heterocycles. The number of hydrogen-bond acceptors (Lipinski definition) is 6. The van der Waals surface area contributed by atoms with Crippen molar-refractivity contribution in [3.05, 3.63) is 47.0 Å². The molecule has 6 nitrogen and oxygen atoms in total. The van der Waals surface area contributed by atoms with Gasteiger partial charge in [-0.3, -0.25) is 0 Å². The van der Waals surface area contributed by atoms with Gasteiger partial charge < -0.3 is 14.4 Å². The summed E-state index contributed by atoms with van der Waals surface area (Å²) in [5.41, 5.74) is -1.59. The molecular formula is C24H28ClF3N2O4S2. The second kappa shape index (κ2) is 10.7. The highest BCUT2D eigenvalue weighted by Crippen LogP contribution is 2.43. The molecule has 0 aliphatic carbocycles. The molecule has 0 saturated carbocycles. The third-order valence-corrected chi connectivity index (χ3v) is 8.21. The normalized spacial score (nSPS) is 15.6. The van der Waals surface area contributed by atoms with E-state index in [-0.39, 0.29) is 38.4 Å². The average Bonchev–Trinajstić information content (AvgIpc) is 2.77. The zero-order valence-electron chi connectivity index (χ0n) is 20.0. The number of carbonyl (C=O) groups is 1. The number of anilines is 1. The molecule has 1 aliphatic rings. The molecule has 0 spiro atoms. The number of piperidine rings is 1. The van der Waals surface area contributed by atoms with Gasteiger partial charge in [-0.25, -0.2) is 13.2 Å². The first kappa shape index (κ1) is 28.5. The number of rotatable bonds is 5. The van der Waals surface area contributed by atoms with Crippen molar-refractivity contribution < 1.29 is 31.1 Å². The topological polar surface area (TPSA) is 75.7 Å². The minimum atomic E-state index is -4.68. The lowest BCUT2D eigenvalue weighted by Gasteiger charge is -2.33. The third kappa shape index (κ3) is 7.01. The minimum absolute atomic E-state index is 0.0131. The molecule has 1 amide bonds. The van der Waals surface area contributed by atoms with Crippen molar-refractivity contribution in [2.45, 2.75) is 50.3 Å². The molecule has 0 bridgehead atoms. The molecule has 2 aromatic carbocycles. The Hall–Kier alpha value is -2.11. The van der Waals surface area contributed by atoms with Crippen LogP contribution in [0.4, 0.5) is 23.7 Å². The number of alkyl halides is 3. The smallest absolute Gasteiger partial charge is 0.417 e. The Balaban J connectivity index is 1.74. The number of halogens is 4. The molecule has 1 N–H and O–H groups in total. The van der Waals surface area contributed by atoms with Crippen LogP contribution in [0.2, 0.25) is 5.02 Å². The summed E-state index contributed by atoms with van der Waals surface area (Å²) in [4.78, 5) is 13.8. The molecule has 2 aromatic rings. The van der Waals surface area contributed by atoms with E-state index < -0.39 is 33.3 Å². The second-order valence-electron chi connectivity index (χ2n) is 9.71. The molecule has 0 radical (unpaired) electrons. The van der Waals surface area contributed by atoms with Crippen LogP contribution < -0.4 is 4.72 Å². The molecule has 1 fully saturated rings.